The van der Waals surface area contributed by atoms with Crippen LogP contribution in [0.1, 0.15) is 36.6 Å². The Labute approximate surface area is 216 Å². The number of methoxy groups -OCH3 is 1. The van der Waals surface area contributed by atoms with Gasteiger partial charge in [0.25, 0.3) is 0 Å². The van der Waals surface area contributed by atoms with Gasteiger partial charge in [-0.1, -0.05) is 11.2 Å². The van der Waals surface area contributed by atoms with Gasteiger partial charge in [0.2, 0.25) is 0 Å². The number of rotatable bonds is 6. The number of ether oxygens (including phenoxy) is 2. The molecule has 38 heavy (non-hydrogen) atoms. The van der Waals surface area contributed by atoms with Gasteiger partial charge in [0.1, 0.15) is 5.75 Å². The van der Waals surface area contributed by atoms with Crippen molar-refractivity contribution in [2.75, 3.05) is 20.3 Å². The summed E-state index contributed by atoms with van der Waals surface area (Å²) in [6.45, 7) is 3.77. The van der Waals surface area contributed by atoms with Crippen molar-refractivity contribution in [1.29, 1.82) is 0 Å². The van der Waals surface area contributed by atoms with Gasteiger partial charge in [-0.3, -0.25) is 0 Å². The van der Waals surface area contributed by atoms with Crippen LogP contribution in [0.3, 0.4) is 0 Å². The second-order valence-corrected chi connectivity index (χ2v) is 8.90. The van der Waals surface area contributed by atoms with Crippen LogP contribution in [0, 0.1) is 24.4 Å². The zero-order valence-electron chi connectivity index (χ0n) is 21.0. The highest BCUT2D eigenvalue weighted by Gasteiger charge is 2.57. The molecule has 198 valence electrons. The fraction of sp³-hybridized carbons (Fsp3) is 0.296. The van der Waals surface area contributed by atoms with Crippen molar-refractivity contribution >= 4 is 17.9 Å². The van der Waals surface area contributed by atoms with Crippen LogP contribution < -0.4 is 4.74 Å². The molecule has 1 atom stereocenters. The van der Waals surface area contributed by atoms with Crippen molar-refractivity contribution in [3.63, 3.8) is 0 Å². The molecule has 2 aliphatic rings. The van der Waals surface area contributed by atoms with Gasteiger partial charge in [0, 0.05) is 18.3 Å². The van der Waals surface area contributed by atoms with Gasteiger partial charge in [-0.05, 0) is 68.2 Å². The van der Waals surface area contributed by atoms with Crippen LogP contribution >= 0.6 is 0 Å². The minimum absolute atomic E-state index is 0.00937. The van der Waals surface area contributed by atoms with Gasteiger partial charge < -0.3 is 23.8 Å². The lowest BCUT2D eigenvalue weighted by Gasteiger charge is -2.37. The molecule has 0 aliphatic carbocycles. The third-order valence-electron chi connectivity index (χ3n) is 6.48. The zero-order valence-corrected chi connectivity index (χ0v) is 21.0. The van der Waals surface area contributed by atoms with E-state index in [2.05, 4.69) is 10.1 Å². The van der Waals surface area contributed by atoms with Crippen LogP contribution in [0.4, 0.5) is 13.2 Å². The largest absolute Gasteiger partial charge is 0.495 e. The number of imidazole rings is 1. The molecule has 0 bridgehead atoms. The molecule has 0 spiro atoms. The Morgan fingerprint density at radius 3 is 2.63 bits per heavy atom. The van der Waals surface area contributed by atoms with Gasteiger partial charge in [0.05, 0.1) is 31.4 Å². The summed E-state index contributed by atoms with van der Waals surface area (Å²) in [6.07, 6.45) is 6.66. The van der Waals surface area contributed by atoms with Crippen LogP contribution in [0.5, 0.6) is 5.75 Å². The number of amidine groups is 1. The summed E-state index contributed by atoms with van der Waals surface area (Å²) in [5.41, 5.74) is 0.859. The normalized spacial score (nSPS) is 19.7. The molecular formula is C27H25F3N4O4. The van der Waals surface area contributed by atoms with Crippen molar-refractivity contribution in [3.05, 3.63) is 82.7 Å². The maximum Gasteiger partial charge on any atom is 0.380 e. The summed E-state index contributed by atoms with van der Waals surface area (Å²) in [5, 5.41) is 4.15. The fourth-order valence-electron chi connectivity index (χ4n) is 4.73. The van der Waals surface area contributed by atoms with E-state index in [9.17, 15) is 18.0 Å². The summed E-state index contributed by atoms with van der Waals surface area (Å²) in [5.74, 6) is -4.51. The molecule has 0 N–H and O–H groups in total. The van der Waals surface area contributed by atoms with Crippen LogP contribution in [0.25, 0.3) is 11.8 Å². The van der Waals surface area contributed by atoms with E-state index in [1.807, 2.05) is 42.0 Å². The van der Waals surface area contributed by atoms with E-state index < -0.39 is 29.1 Å². The van der Waals surface area contributed by atoms with Gasteiger partial charge in [-0.2, -0.15) is 0 Å². The average molecular weight is 527 g/mol. The van der Waals surface area contributed by atoms with Gasteiger partial charge in [-0.15, -0.1) is 0 Å². The zero-order chi connectivity index (χ0) is 27.0. The molecule has 1 saturated heterocycles. The number of hydrogen-bond donors (Lipinski definition) is 0. The van der Waals surface area contributed by atoms with Crippen molar-refractivity contribution in [2.45, 2.75) is 32.4 Å². The van der Waals surface area contributed by atoms with Gasteiger partial charge >= 0.3 is 11.7 Å². The number of piperidine rings is 1. The number of carbonyl (C=O) groups excluding carboxylic acids is 1. The number of aryl methyl sites for hydroxylation is 1. The van der Waals surface area contributed by atoms with Crippen LogP contribution in [-0.2, 0) is 20.1 Å². The van der Waals surface area contributed by atoms with E-state index in [-0.39, 0.29) is 18.7 Å². The Kier molecular flexibility index (Phi) is 6.60. The van der Waals surface area contributed by atoms with E-state index >= 15 is 0 Å². The molecule has 2 aliphatic heterocycles. The highest BCUT2D eigenvalue weighted by Crippen LogP contribution is 2.42. The first-order valence-corrected chi connectivity index (χ1v) is 12.0. The number of hydrogen-bond acceptors (Lipinski definition) is 7. The Balaban J connectivity index is 1.53. The number of fused-ring (bicyclic) bond motifs is 1. The highest BCUT2D eigenvalue weighted by atomic mass is 19.2. The average Bonchev–Trinajstić information content (AvgIpc) is 3.52. The van der Waals surface area contributed by atoms with E-state index in [1.54, 1.807) is 20.4 Å². The molecule has 1 fully saturated rings. The molecule has 0 saturated carbocycles. The summed E-state index contributed by atoms with van der Waals surface area (Å²) in [6, 6.07) is 7.11. The summed E-state index contributed by atoms with van der Waals surface area (Å²) in [4.78, 5) is 24.6. The highest BCUT2D eigenvalue weighted by molar-refractivity contribution is 6.06. The number of carbonyl (C=O) groups is 1. The smallest absolute Gasteiger partial charge is 0.380 e. The fourth-order valence-corrected chi connectivity index (χ4v) is 4.73. The Morgan fingerprint density at radius 1 is 1.21 bits per heavy atom. The molecule has 11 heteroatoms. The third kappa shape index (κ3) is 4.17. The molecule has 0 radical (unpaired) electrons. The maximum atomic E-state index is 14.2. The molecule has 2 aromatic carbocycles. The summed E-state index contributed by atoms with van der Waals surface area (Å²) in [7, 11) is 1.57. The molecule has 1 unspecified atom stereocenters. The van der Waals surface area contributed by atoms with Gasteiger partial charge in [0.15, 0.2) is 23.3 Å². The first kappa shape index (κ1) is 25.4. The van der Waals surface area contributed by atoms with Gasteiger partial charge in [-0.25, -0.2) is 22.9 Å². The van der Waals surface area contributed by atoms with Crippen molar-refractivity contribution in [2.24, 2.45) is 5.16 Å². The molecule has 8 nitrogen and oxygen atoms in total. The van der Waals surface area contributed by atoms with Crippen LogP contribution in [0.15, 0.2) is 53.6 Å². The number of esters is 1. The minimum atomic E-state index is -2.10. The van der Waals surface area contributed by atoms with Crippen molar-refractivity contribution < 1.29 is 32.3 Å². The number of halogens is 3. The number of benzene rings is 2. The second kappa shape index (κ2) is 9.88. The van der Waals surface area contributed by atoms with E-state index in [1.165, 1.54) is 4.90 Å². The van der Waals surface area contributed by atoms with E-state index in [0.717, 1.165) is 34.7 Å². The SMILES string of the molecule is CCOC(=O)C1(c2cc(F)c(F)c(F)c2)ON=C2/C(=C/c3ccc(-n4cnc(C)c4)c(OC)c3)CCCN21. The van der Waals surface area contributed by atoms with E-state index in [0.29, 0.717) is 24.4 Å². The second-order valence-electron chi connectivity index (χ2n) is 8.90. The molecular weight excluding hydrogens is 501 g/mol. The number of nitrogens with zero attached hydrogens (tertiary/aromatic N) is 4. The van der Waals surface area contributed by atoms with E-state index in [4.69, 9.17) is 14.3 Å². The van der Waals surface area contributed by atoms with Crippen LogP contribution in [0.2, 0.25) is 0 Å². The maximum absolute atomic E-state index is 14.2. The lowest BCUT2D eigenvalue weighted by molar-refractivity contribution is -0.189. The monoisotopic (exact) mass is 526 g/mol. The first-order valence-electron chi connectivity index (χ1n) is 12.0. The Bertz CT molecular complexity index is 1450. The minimum Gasteiger partial charge on any atom is -0.495 e. The quantitative estimate of drug-likeness (QED) is 0.338. The van der Waals surface area contributed by atoms with Crippen LogP contribution in [-0.4, -0.2) is 46.5 Å². The number of oxime groups is 1. The molecule has 0 amide bonds. The predicted octanol–water partition coefficient (Wildman–Crippen LogP) is 4.85. The lowest BCUT2D eigenvalue weighted by atomic mass is 9.94. The standard InChI is InChI=1S/C27H25F3N4O4/c1-4-37-26(35)27(19-12-20(28)24(30)21(29)13-19)34-9-5-6-18(25(34)32-38-27)10-17-7-8-22(23(11-17)36-3)33-14-16(2)31-15-33/h7-8,10-15H,4-6,9H2,1-3H3/b18-10+. The number of aromatic nitrogens is 2. The summed E-state index contributed by atoms with van der Waals surface area (Å²) < 4.78 is 54.9. The molecule has 3 heterocycles. The molecule has 3 aromatic rings. The van der Waals surface area contributed by atoms with Crippen molar-refractivity contribution in [3.8, 4) is 11.4 Å². The lowest BCUT2D eigenvalue weighted by Crippen LogP contribution is -2.54. The first-order chi connectivity index (χ1) is 18.3. The summed E-state index contributed by atoms with van der Waals surface area (Å²) >= 11 is 0. The molecule has 5 rings (SSSR count). The Morgan fingerprint density at radius 2 is 1.97 bits per heavy atom. The molecule has 1 aromatic heterocycles. The topological polar surface area (TPSA) is 78.2 Å². The third-order valence-corrected chi connectivity index (χ3v) is 6.48. The Hall–Kier alpha value is -4.28. The predicted molar refractivity (Wildman–Crippen MR) is 132 cm³/mol. The van der Waals surface area contributed by atoms with Crippen molar-refractivity contribution in [1.82, 2.24) is 14.5 Å².